The Balaban J connectivity index is 1.76. The van der Waals surface area contributed by atoms with Crippen molar-refractivity contribution < 1.29 is 4.79 Å². The van der Waals surface area contributed by atoms with E-state index < -0.39 is 0 Å². The van der Waals surface area contributed by atoms with E-state index in [0.717, 1.165) is 44.5 Å². The number of piperidine rings is 1. The van der Waals surface area contributed by atoms with Gasteiger partial charge >= 0.3 is 0 Å². The van der Waals surface area contributed by atoms with Crippen molar-refractivity contribution in [1.82, 2.24) is 4.90 Å². The van der Waals surface area contributed by atoms with Crippen LogP contribution in [-0.4, -0.2) is 41.9 Å². The van der Waals surface area contributed by atoms with E-state index in [4.69, 9.17) is 5.73 Å². The van der Waals surface area contributed by atoms with Crippen LogP contribution in [0.5, 0.6) is 0 Å². The van der Waals surface area contributed by atoms with Crippen molar-refractivity contribution in [2.45, 2.75) is 31.7 Å². The highest BCUT2D eigenvalue weighted by Gasteiger charge is 2.26. The lowest BCUT2D eigenvalue weighted by Crippen LogP contribution is -2.47. The molecule has 1 aliphatic rings. The SMILES string of the molecule is CSCC[C@H](N)C(=O)N1CCC(Cc2ccccc2)CC1. The van der Waals surface area contributed by atoms with Gasteiger partial charge in [0.15, 0.2) is 0 Å². The number of hydrogen-bond acceptors (Lipinski definition) is 3. The minimum atomic E-state index is -0.317. The quantitative estimate of drug-likeness (QED) is 0.878. The molecule has 1 heterocycles. The molecule has 0 aliphatic carbocycles. The van der Waals surface area contributed by atoms with E-state index in [1.165, 1.54) is 5.56 Å². The van der Waals surface area contributed by atoms with E-state index in [1.54, 1.807) is 11.8 Å². The number of rotatable bonds is 6. The molecule has 0 unspecified atom stereocenters. The number of benzene rings is 1. The molecule has 3 nitrogen and oxygen atoms in total. The molecule has 21 heavy (non-hydrogen) atoms. The van der Waals surface area contributed by atoms with Crippen molar-refractivity contribution >= 4 is 17.7 Å². The summed E-state index contributed by atoms with van der Waals surface area (Å²) in [6.45, 7) is 1.73. The number of likely N-dealkylation sites (tertiary alicyclic amines) is 1. The number of nitrogens with two attached hydrogens (primary N) is 1. The summed E-state index contributed by atoms with van der Waals surface area (Å²) >= 11 is 1.74. The summed E-state index contributed by atoms with van der Waals surface area (Å²) in [6.07, 6.45) is 6.14. The Bertz CT molecular complexity index is 430. The Morgan fingerprint density at radius 1 is 1.33 bits per heavy atom. The van der Waals surface area contributed by atoms with Gasteiger partial charge in [0.2, 0.25) is 5.91 Å². The zero-order valence-corrected chi connectivity index (χ0v) is 13.6. The molecular formula is C17H26N2OS. The van der Waals surface area contributed by atoms with Gasteiger partial charge in [-0.15, -0.1) is 0 Å². The summed E-state index contributed by atoms with van der Waals surface area (Å²) in [6, 6.07) is 10.3. The van der Waals surface area contributed by atoms with Gasteiger partial charge in [-0.25, -0.2) is 0 Å². The molecule has 0 radical (unpaired) electrons. The van der Waals surface area contributed by atoms with Gasteiger partial charge in [0.1, 0.15) is 0 Å². The molecule has 1 atom stereocenters. The molecule has 1 aromatic carbocycles. The number of nitrogens with zero attached hydrogens (tertiary/aromatic N) is 1. The Labute approximate surface area is 132 Å². The predicted octanol–water partition coefficient (Wildman–Crippen LogP) is 2.55. The zero-order valence-electron chi connectivity index (χ0n) is 12.8. The lowest BCUT2D eigenvalue weighted by Gasteiger charge is -2.33. The van der Waals surface area contributed by atoms with Crippen molar-refractivity contribution in [3.63, 3.8) is 0 Å². The summed E-state index contributed by atoms with van der Waals surface area (Å²) in [5.74, 6) is 1.79. The van der Waals surface area contributed by atoms with E-state index in [0.29, 0.717) is 5.92 Å². The van der Waals surface area contributed by atoms with E-state index in [1.807, 2.05) is 11.2 Å². The number of carbonyl (C=O) groups is 1. The lowest BCUT2D eigenvalue weighted by molar-refractivity contribution is -0.134. The molecule has 0 spiro atoms. The first kappa shape index (κ1) is 16.4. The van der Waals surface area contributed by atoms with Crippen LogP contribution < -0.4 is 5.73 Å². The van der Waals surface area contributed by atoms with Crippen molar-refractivity contribution in [1.29, 1.82) is 0 Å². The Hall–Kier alpha value is -1.00. The third-order valence-electron chi connectivity index (χ3n) is 4.24. The maximum atomic E-state index is 12.3. The van der Waals surface area contributed by atoms with Crippen LogP contribution in [0.3, 0.4) is 0 Å². The molecule has 0 aromatic heterocycles. The Morgan fingerprint density at radius 2 is 2.00 bits per heavy atom. The third kappa shape index (κ3) is 5.04. The fourth-order valence-corrected chi connectivity index (χ4v) is 3.40. The van der Waals surface area contributed by atoms with Gasteiger partial charge in [0, 0.05) is 13.1 Å². The van der Waals surface area contributed by atoms with Crippen LogP contribution in [0.25, 0.3) is 0 Å². The molecule has 1 amide bonds. The van der Waals surface area contributed by atoms with Gasteiger partial charge in [0.25, 0.3) is 0 Å². The van der Waals surface area contributed by atoms with Crippen molar-refractivity contribution in [2.75, 3.05) is 25.1 Å². The van der Waals surface area contributed by atoms with Crippen molar-refractivity contribution in [3.8, 4) is 0 Å². The van der Waals surface area contributed by atoms with Crippen LogP contribution in [0.2, 0.25) is 0 Å². The first-order chi connectivity index (χ1) is 10.2. The van der Waals surface area contributed by atoms with E-state index in [2.05, 4.69) is 30.3 Å². The summed E-state index contributed by atoms with van der Waals surface area (Å²) in [7, 11) is 0. The molecule has 1 aliphatic heterocycles. The second kappa shape index (κ2) is 8.44. The molecule has 0 bridgehead atoms. The van der Waals surface area contributed by atoms with E-state index >= 15 is 0 Å². The third-order valence-corrected chi connectivity index (χ3v) is 4.89. The number of carbonyl (C=O) groups excluding carboxylic acids is 1. The molecule has 1 fully saturated rings. The second-order valence-corrected chi connectivity index (χ2v) is 6.83. The number of amides is 1. The van der Waals surface area contributed by atoms with Gasteiger partial charge < -0.3 is 10.6 Å². The number of thioether (sulfide) groups is 1. The highest BCUT2D eigenvalue weighted by molar-refractivity contribution is 7.98. The summed E-state index contributed by atoms with van der Waals surface area (Å²) in [5.41, 5.74) is 7.39. The predicted molar refractivity (Wildman–Crippen MR) is 90.4 cm³/mol. The minimum absolute atomic E-state index is 0.141. The van der Waals surface area contributed by atoms with Crippen LogP contribution in [-0.2, 0) is 11.2 Å². The molecule has 1 saturated heterocycles. The van der Waals surface area contributed by atoms with Crippen LogP contribution in [0.4, 0.5) is 0 Å². The average Bonchev–Trinajstić information content (AvgIpc) is 2.53. The first-order valence-corrected chi connectivity index (χ1v) is 9.17. The van der Waals surface area contributed by atoms with Gasteiger partial charge in [-0.05, 0) is 49.2 Å². The molecule has 2 rings (SSSR count). The van der Waals surface area contributed by atoms with E-state index in [-0.39, 0.29) is 11.9 Å². The van der Waals surface area contributed by atoms with Gasteiger partial charge in [-0.1, -0.05) is 30.3 Å². The van der Waals surface area contributed by atoms with E-state index in [9.17, 15) is 4.79 Å². The van der Waals surface area contributed by atoms with Gasteiger partial charge in [0.05, 0.1) is 6.04 Å². The normalized spacial score (nSPS) is 17.7. The smallest absolute Gasteiger partial charge is 0.239 e. The average molecular weight is 306 g/mol. The first-order valence-electron chi connectivity index (χ1n) is 7.78. The second-order valence-electron chi connectivity index (χ2n) is 5.85. The molecule has 116 valence electrons. The largest absolute Gasteiger partial charge is 0.341 e. The summed E-state index contributed by atoms with van der Waals surface area (Å²) < 4.78 is 0. The summed E-state index contributed by atoms with van der Waals surface area (Å²) in [5, 5.41) is 0. The monoisotopic (exact) mass is 306 g/mol. The van der Waals surface area contributed by atoms with Crippen LogP contribution in [0.15, 0.2) is 30.3 Å². The molecule has 1 aromatic rings. The van der Waals surface area contributed by atoms with Gasteiger partial charge in [-0.3, -0.25) is 4.79 Å². The van der Waals surface area contributed by atoms with Crippen molar-refractivity contribution in [2.24, 2.45) is 11.7 Å². The Kier molecular flexibility index (Phi) is 6.58. The van der Waals surface area contributed by atoms with Crippen LogP contribution in [0.1, 0.15) is 24.8 Å². The topological polar surface area (TPSA) is 46.3 Å². The molecule has 2 N–H and O–H groups in total. The minimum Gasteiger partial charge on any atom is -0.341 e. The fraction of sp³-hybridized carbons (Fsp3) is 0.588. The van der Waals surface area contributed by atoms with Crippen LogP contribution >= 0.6 is 11.8 Å². The van der Waals surface area contributed by atoms with Crippen LogP contribution in [0, 0.1) is 5.92 Å². The standard InChI is InChI=1S/C17H26N2OS/c1-21-12-9-16(18)17(20)19-10-7-15(8-11-19)13-14-5-3-2-4-6-14/h2-6,15-16H,7-13,18H2,1H3/t16-/m0/s1. The zero-order chi connectivity index (χ0) is 15.1. The number of hydrogen-bond donors (Lipinski definition) is 1. The lowest BCUT2D eigenvalue weighted by atomic mass is 9.90. The van der Waals surface area contributed by atoms with Crippen molar-refractivity contribution in [3.05, 3.63) is 35.9 Å². The molecular weight excluding hydrogens is 280 g/mol. The molecule has 0 saturated carbocycles. The molecule has 4 heteroatoms. The maximum Gasteiger partial charge on any atom is 0.239 e. The maximum absolute atomic E-state index is 12.3. The van der Waals surface area contributed by atoms with Gasteiger partial charge in [-0.2, -0.15) is 11.8 Å². The highest BCUT2D eigenvalue weighted by Crippen LogP contribution is 2.22. The highest BCUT2D eigenvalue weighted by atomic mass is 32.2. The fourth-order valence-electron chi connectivity index (χ4n) is 2.91. The Morgan fingerprint density at radius 3 is 2.62 bits per heavy atom. The summed E-state index contributed by atoms with van der Waals surface area (Å²) in [4.78, 5) is 14.2.